The van der Waals surface area contributed by atoms with Crippen LogP contribution in [0.4, 0.5) is 4.39 Å². The van der Waals surface area contributed by atoms with Gasteiger partial charge >= 0.3 is 0 Å². The molecule has 2 aliphatic rings. The molecule has 1 heterocycles. The molecule has 0 unspecified atom stereocenters. The third-order valence-electron chi connectivity index (χ3n) is 4.36. The fourth-order valence-electron chi connectivity index (χ4n) is 3.08. The van der Waals surface area contributed by atoms with Gasteiger partial charge in [0.2, 0.25) is 10.0 Å². The zero-order chi connectivity index (χ0) is 14.5. The monoisotopic (exact) mass is 298 g/mol. The van der Waals surface area contributed by atoms with Crippen molar-refractivity contribution in [3.63, 3.8) is 0 Å². The third kappa shape index (κ3) is 2.36. The first kappa shape index (κ1) is 14.0. The maximum atomic E-state index is 13.1. The molecule has 3 rings (SSSR count). The van der Waals surface area contributed by atoms with Crippen LogP contribution in [0.5, 0.6) is 0 Å². The van der Waals surface area contributed by atoms with E-state index in [-0.39, 0.29) is 16.9 Å². The van der Waals surface area contributed by atoms with Crippen LogP contribution in [0.25, 0.3) is 0 Å². The van der Waals surface area contributed by atoms with Crippen molar-refractivity contribution in [3.8, 4) is 0 Å². The number of sulfonamides is 1. The lowest BCUT2D eigenvalue weighted by molar-refractivity contribution is 0.427. The Hall–Kier alpha value is -0.980. The zero-order valence-corrected chi connectivity index (χ0v) is 12.2. The highest BCUT2D eigenvalue weighted by molar-refractivity contribution is 7.89. The van der Waals surface area contributed by atoms with E-state index < -0.39 is 15.8 Å². The second-order valence-electron chi connectivity index (χ2n) is 5.90. The summed E-state index contributed by atoms with van der Waals surface area (Å²) in [5, 5.41) is 0. The minimum atomic E-state index is -3.57. The lowest BCUT2D eigenvalue weighted by Gasteiger charge is -2.17. The van der Waals surface area contributed by atoms with Crippen LogP contribution in [0.3, 0.4) is 0 Å². The van der Waals surface area contributed by atoms with E-state index in [1.54, 1.807) is 6.92 Å². The van der Waals surface area contributed by atoms with E-state index >= 15 is 0 Å². The third-order valence-corrected chi connectivity index (χ3v) is 6.35. The summed E-state index contributed by atoms with van der Waals surface area (Å²) in [6.07, 6.45) is 2.31. The van der Waals surface area contributed by atoms with Crippen molar-refractivity contribution in [1.82, 2.24) is 4.31 Å². The Kier molecular flexibility index (Phi) is 3.35. The molecule has 4 nitrogen and oxygen atoms in total. The van der Waals surface area contributed by atoms with Crippen LogP contribution in [0.1, 0.15) is 18.4 Å². The Bertz CT molecular complexity index is 628. The molecule has 1 saturated carbocycles. The van der Waals surface area contributed by atoms with Gasteiger partial charge in [-0.2, -0.15) is 4.31 Å². The Morgan fingerprint density at radius 2 is 2.00 bits per heavy atom. The number of aryl methyl sites for hydroxylation is 1. The quantitative estimate of drug-likeness (QED) is 0.919. The van der Waals surface area contributed by atoms with Crippen molar-refractivity contribution in [1.29, 1.82) is 0 Å². The van der Waals surface area contributed by atoms with Crippen molar-refractivity contribution in [3.05, 3.63) is 29.6 Å². The number of rotatable bonds is 3. The van der Waals surface area contributed by atoms with Gasteiger partial charge in [0.25, 0.3) is 0 Å². The van der Waals surface area contributed by atoms with Crippen LogP contribution in [-0.2, 0) is 10.0 Å². The summed E-state index contributed by atoms with van der Waals surface area (Å²) < 4.78 is 39.9. The average molecular weight is 298 g/mol. The maximum Gasteiger partial charge on any atom is 0.243 e. The second-order valence-corrected chi connectivity index (χ2v) is 7.80. The van der Waals surface area contributed by atoms with Gasteiger partial charge in [0.05, 0.1) is 4.90 Å². The van der Waals surface area contributed by atoms with E-state index in [1.807, 2.05) is 0 Å². The van der Waals surface area contributed by atoms with E-state index in [4.69, 9.17) is 5.73 Å². The average Bonchev–Trinajstić information content (AvgIpc) is 3.11. The highest BCUT2D eigenvalue weighted by Gasteiger charge is 2.44. The van der Waals surface area contributed by atoms with Gasteiger partial charge in [-0.1, -0.05) is 0 Å². The van der Waals surface area contributed by atoms with Crippen LogP contribution in [0, 0.1) is 24.6 Å². The lowest BCUT2D eigenvalue weighted by Crippen LogP contribution is -2.32. The molecule has 2 fully saturated rings. The lowest BCUT2D eigenvalue weighted by atomic mass is 9.99. The molecule has 1 aliphatic carbocycles. The van der Waals surface area contributed by atoms with Crippen LogP contribution >= 0.6 is 0 Å². The summed E-state index contributed by atoms with van der Waals surface area (Å²) >= 11 is 0. The molecule has 0 radical (unpaired) electrons. The van der Waals surface area contributed by atoms with E-state index in [0.29, 0.717) is 24.6 Å². The van der Waals surface area contributed by atoms with Crippen LogP contribution in [-0.4, -0.2) is 31.9 Å². The van der Waals surface area contributed by atoms with Gasteiger partial charge in [0, 0.05) is 19.1 Å². The van der Waals surface area contributed by atoms with Crippen molar-refractivity contribution in [2.75, 3.05) is 13.1 Å². The first-order valence-electron chi connectivity index (χ1n) is 6.91. The second kappa shape index (κ2) is 4.79. The molecule has 1 aliphatic heterocycles. The highest BCUT2D eigenvalue weighted by atomic mass is 32.2. The summed E-state index contributed by atoms with van der Waals surface area (Å²) in [5.41, 5.74) is 6.52. The van der Waals surface area contributed by atoms with Crippen molar-refractivity contribution < 1.29 is 12.8 Å². The van der Waals surface area contributed by atoms with Crippen molar-refractivity contribution >= 4 is 10.0 Å². The number of benzene rings is 1. The summed E-state index contributed by atoms with van der Waals surface area (Å²) in [6.45, 7) is 2.47. The van der Waals surface area contributed by atoms with E-state index in [2.05, 4.69) is 0 Å². The normalized spacial score (nSPS) is 27.9. The smallest absolute Gasteiger partial charge is 0.243 e. The summed E-state index contributed by atoms with van der Waals surface area (Å²) in [6, 6.07) is 3.70. The van der Waals surface area contributed by atoms with Crippen LogP contribution in [0.2, 0.25) is 0 Å². The molecule has 20 heavy (non-hydrogen) atoms. The molecule has 0 spiro atoms. The van der Waals surface area contributed by atoms with Gasteiger partial charge < -0.3 is 5.73 Å². The number of hydrogen-bond donors (Lipinski definition) is 1. The molecule has 1 aromatic rings. The Morgan fingerprint density at radius 1 is 1.30 bits per heavy atom. The first-order valence-corrected chi connectivity index (χ1v) is 8.35. The molecule has 1 saturated heterocycles. The van der Waals surface area contributed by atoms with Crippen LogP contribution in [0.15, 0.2) is 23.1 Å². The fourth-order valence-corrected chi connectivity index (χ4v) is 4.80. The predicted octanol–water partition coefficient (Wildman–Crippen LogP) is 1.49. The highest BCUT2D eigenvalue weighted by Crippen LogP contribution is 2.42. The topological polar surface area (TPSA) is 63.4 Å². The van der Waals surface area contributed by atoms with Gasteiger partial charge in [-0.15, -0.1) is 0 Å². The van der Waals surface area contributed by atoms with E-state index in [9.17, 15) is 12.8 Å². The summed E-state index contributed by atoms with van der Waals surface area (Å²) in [5.74, 6) is 0.431. The van der Waals surface area contributed by atoms with Gasteiger partial charge in [0.1, 0.15) is 5.82 Å². The summed E-state index contributed by atoms with van der Waals surface area (Å²) in [7, 11) is -3.57. The fraction of sp³-hybridized carbons (Fsp3) is 0.571. The molecular formula is C14H19FN2O2S. The van der Waals surface area contributed by atoms with Crippen molar-refractivity contribution in [2.45, 2.75) is 30.7 Å². The summed E-state index contributed by atoms with van der Waals surface area (Å²) in [4.78, 5) is 0.183. The minimum Gasteiger partial charge on any atom is -0.326 e. The standard InChI is InChI=1S/C14H19FN2O2S/c1-9-6-11(15)4-5-14(9)20(18,19)17-7-12(10-2-3-10)13(16)8-17/h4-6,10,12-13H,2-3,7-8,16H2,1H3/t12-,13+/m1/s1. The van der Waals surface area contributed by atoms with Gasteiger partial charge in [-0.05, 0) is 55.4 Å². The molecule has 0 bridgehead atoms. The van der Waals surface area contributed by atoms with E-state index in [0.717, 1.165) is 12.8 Å². The Balaban J connectivity index is 1.88. The molecular weight excluding hydrogens is 279 g/mol. The Labute approximate surface area is 118 Å². The number of hydrogen-bond acceptors (Lipinski definition) is 3. The maximum absolute atomic E-state index is 13.1. The molecule has 1 aromatic carbocycles. The van der Waals surface area contributed by atoms with Crippen LogP contribution < -0.4 is 5.73 Å². The first-order chi connectivity index (χ1) is 9.39. The van der Waals surface area contributed by atoms with Gasteiger partial charge in [0.15, 0.2) is 0 Å². The number of nitrogens with zero attached hydrogens (tertiary/aromatic N) is 1. The number of halogens is 1. The minimum absolute atomic E-state index is 0.0852. The molecule has 2 atom stereocenters. The molecule has 6 heteroatoms. The van der Waals surface area contributed by atoms with E-state index in [1.165, 1.54) is 22.5 Å². The number of nitrogens with two attached hydrogens (primary N) is 1. The molecule has 2 N–H and O–H groups in total. The zero-order valence-electron chi connectivity index (χ0n) is 11.4. The molecule has 0 amide bonds. The van der Waals surface area contributed by atoms with Crippen molar-refractivity contribution in [2.24, 2.45) is 17.6 Å². The Morgan fingerprint density at radius 3 is 2.60 bits per heavy atom. The predicted molar refractivity (Wildman–Crippen MR) is 74.1 cm³/mol. The molecule has 110 valence electrons. The van der Waals surface area contributed by atoms with Gasteiger partial charge in [-0.3, -0.25) is 0 Å². The van der Waals surface area contributed by atoms with Gasteiger partial charge in [-0.25, -0.2) is 12.8 Å². The molecule has 0 aromatic heterocycles. The largest absolute Gasteiger partial charge is 0.326 e. The SMILES string of the molecule is Cc1cc(F)ccc1S(=O)(=O)N1C[C@H](C2CC2)[C@@H](N)C1.